The maximum Gasteiger partial charge on any atom is 0.125 e. The Bertz CT molecular complexity index is 422. The first-order valence-corrected chi connectivity index (χ1v) is 7.08. The highest BCUT2D eigenvalue weighted by molar-refractivity contribution is 5.50. The normalized spacial score (nSPS) is 20.8. The van der Waals surface area contributed by atoms with E-state index in [0.717, 1.165) is 43.7 Å². The third-order valence-corrected chi connectivity index (χ3v) is 3.99. The molecule has 1 heterocycles. The van der Waals surface area contributed by atoms with Crippen LogP contribution in [0.2, 0.25) is 0 Å². The number of nitrogens with zero attached hydrogens (tertiary/aromatic N) is 2. The van der Waals surface area contributed by atoms with Gasteiger partial charge in [-0.3, -0.25) is 4.90 Å². The van der Waals surface area contributed by atoms with Gasteiger partial charge in [0.05, 0.1) is 0 Å². The molecule has 1 aromatic carbocycles. The standard InChI is InChI=1S/C15H24FN3/c1-3-14-11-19(7-6-18(14)2)15-9-12(4-5-17)8-13(16)10-15/h8-10,14H,3-7,11,17H2,1-2H3. The van der Waals surface area contributed by atoms with Crippen LogP contribution in [-0.2, 0) is 6.42 Å². The lowest BCUT2D eigenvalue weighted by Crippen LogP contribution is -2.51. The Hall–Kier alpha value is -1.13. The molecule has 1 saturated heterocycles. The summed E-state index contributed by atoms with van der Waals surface area (Å²) >= 11 is 0. The van der Waals surface area contributed by atoms with E-state index in [0.29, 0.717) is 12.6 Å². The Kier molecular flexibility index (Phi) is 4.77. The van der Waals surface area contributed by atoms with Crippen molar-refractivity contribution in [1.82, 2.24) is 4.90 Å². The molecule has 1 atom stereocenters. The topological polar surface area (TPSA) is 32.5 Å². The van der Waals surface area contributed by atoms with Gasteiger partial charge in [-0.15, -0.1) is 0 Å². The van der Waals surface area contributed by atoms with Crippen LogP contribution < -0.4 is 10.6 Å². The van der Waals surface area contributed by atoms with Crippen molar-refractivity contribution >= 4 is 5.69 Å². The summed E-state index contributed by atoms with van der Waals surface area (Å²) in [5.41, 5.74) is 7.54. The van der Waals surface area contributed by atoms with Crippen molar-refractivity contribution in [3.63, 3.8) is 0 Å². The fourth-order valence-electron chi connectivity index (χ4n) is 2.75. The molecule has 0 radical (unpaired) electrons. The second-order valence-electron chi connectivity index (χ2n) is 5.35. The molecular formula is C15H24FN3. The minimum atomic E-state index is -0.159. The highest BCUT2D eigenvalue weighted by atomic mass is 19.1. The zero-order valence-electron chi connectivity index (χ0n) is 11.9. The van der Waals surface area contributed by atoms with Crippen LogP contribution in [0.3, 0.4) is 0 Å². The minimum Gasteiger partial charge on any atom is -0.369 e. The van der Waals surface area contributed by atoms with Crippen molar-refractivity contribution in [3.05, 3.63) is 29.6 Å². The van der Waals surface area contributed by atoms with Crippen LogP contribution in [0.5, 0.6) is 0 Å². The van der Waals surface area contributed by atoms with E-state index in [9.17, 15) is 4.39 Å². The summed E-state index contributed by atoms with van der Waals surface area (Å²) in [6.07, 6.45) is 1.85. The number of benzene rings is 1. The summed E-state index contributed by atoms with van der Waals surface area (Å²) in [6.45, 7) is 5.72. The van der Waals surface area contributed by atoms with E-state index < -0.39 is 0 Å². The molecule has 0 bridgehead atoms. The van der Waals surface area contributed by atoms with Crippen LogP contribution in [0.25, 0.3) is 0 Å². The first-order chi connectivity index (χ1) is 9.13. The minimum absolute atomic E-state index is 0.159. The Labute approximate surface area is 115 Å². The molecular weight excluding hydrogens is 241 g/mol. The number of halogens is 1. The number of piperazine rings is 1. The number of hydrogen-bond acceptors (Lipinski definition) is 3. The molecule has 1 aliphatic heterocycles. The van der Waals surface area contributed by atoms with Gasteiger partial charge in [-0.2, -0.15) is 0 Å². The molecule has 0 amide bonds. The first-order valence-electron chi connectivity index (χ1n) is 7.08. The van der Waals surface area contributed by atoms with E-state index in [1.165, 1.54) is 0 Å². The third kappa shape index (κ3) is 3.45. The summed E-state index contributed by atoms with van der Waals surface area (Å²) < 4.78 is 13.7. The zero-order chi connectivity index (χ0) is 13.8. The van der Waals surface area contributed by atoms with Gasteiger partial charge in [0.25, 0.3) is 0 Å². The highest BCUT2D eigenvalue weighted by Gasteiger charge is 2.23. The quantitative estimate of drug-likeness (QED) is 0.902. The summed E-state index contributed by atoms with van der Waals surface area (Å²) in [5.74, 6) is -0.159. The molecule has 2 rings (SSSR count). The smallest absolute Gasteiger partial charge is 0.125 e. The van der Waals surface area contributed by atoms with Gasteiger partial charge in [0, 0.05) is 31.4 Å². The lowest BCUT2D eigenvalue weighted by atomic mass is 10.1. The molecule has 3 nitrogen and oxygen atoms in total. The third-order valence-electron chi connectivity index (χ3n) is 3.99. The molecule has 2 N–H and O–H groups in total. The van der Waals surface area contributed by atoms with E-state index in [1.54, 1.807) is 12.1 Å². The largest absolute Gasteiger partial charge is 0.369 e. The van der Waals surface area contributed by atoms with Crippen LogP contribution in [0.4, 0.5) is 10.1 Å². The first kappa shape index (κ1) is 14.3. The zero-order valence-corrected chi connectivity index (χ0v) is 11.9. The van der Waals surface area contributed by atoms with Crippen molar-refractivity contribution in [3.8, 4) is 0 Å². The lowest BCUT2D eigenvalue weighted by molar-refractivity contribution is 0.213. The van der Waals surface area contributed by atoms with Crippen LogP contribution >= 0.6 is 0 Å². The summed E-state index contributed by atoms with van der Waals surface area (Å²) in [7, 11) is 2.16. The molecule has 0 spiro atoms. The van der Waals surface area contributed by atoms with E-state index in [-0.39, 0.29) is 5.82 Å². The van der Waals surface area contributed by atoms with E-state index in [4.69, 9.17) is 5.73 Å². The van der Waals surface area contributed by atoms with Crippen molar-refractivity contribution in [2.45, 2.75) is 25.8 Å². The van der Waals surface area contributed by atoms with E-state index in [2.05, 4.69) is 29.8 Å². The van der Waals surface area contributed by atoms with Crippen LogP contribution in [0.15, 0.2) is 18.2 Å². The monoisotopic (exact) mass is 265 g/mol. The van der Waals surface area contributed by atoms with Gasteiger partial charge in [0.15, 0.2) is 0 Å². The molecule has 19 heavy (non-hydrogen) atoms. The molecule has 0 aromatic heterocycles. The second kappa shape index (κ2) is 6.35. The van der Waals surface area contributed by atoms with Crippen molar-refractivity contribution in [2.75, 3.05) is 38.1 Å². The molecule has 0 saturated carbocycles. The van der Waals surface area contributed by atoms with Crippen LogP contribution in [0, 0.1) is 5.82 Å². The molecule has 1 aromatic rings. The molecule has 1 aliphatic rings. The van der Waals surface area contributed by atoms with Gasteiger partial charge < -0.3 is 10.6 Å². The number of rotatable bonds is 4. The molecule has 1 unspecified atom stereocenters. The fourth-order valence-corrected chi connectivity index (χ4v) is 2.75. The Morgan fingerprint density at radius 1 is 1.32 bits per heavy atom. The molecule has 0 aliphatic carbocycles. The number of nitrogens with two attached hydrogens (primary N) is 1. The van der Waals surface area contributed by atoms with Crippen LogP contribution in [0.1, 0.15) is 18.9 Å². The van der Waals surface area contributed by atoms with Crippen LogP contribution in [-0.4, -0.2) is 44.2 Å². The highest BCUT2D eigenvalue weighted by Crippen LogP contribution is 2.22. The average Bonchev–Trinajstić information content (AvgIpc) is 2.39. The Balaban J connectivity index is 2.17. The predicted octanol–water partition coefficient (Wildman–Crippen LogP) is 1.86. The maximum atomic E-state index is 13.7. The SMILES string of the molecule is CCC1CN(c2cc(F)cc(CCN)c2)CCN1C. The number of hydrogen-bond donors (Lipinski definition) is 1. The van der Waals surface area contributed by atoms with Gasteiger partial charge in [0.2, 0.25) is 0 Å². The van der Waals surface area contributed by atoms with Crippen molar-refractivity contribution in [1.29, 1.82) is 0 Å². The van der Waals surface area contributed by atoms with Crippen molar-refractivity contribution < 1.29 is 4.39 Å². The van der Waals surface area contributed by atoms with E-state index >= 15 is 0 Å². The lowest BCUT2D eigenvalue weighted by Gasteiger charge is -2.40. The van der Waals surface area contributed by atoms with Gasteiger partial charge in [-0.05, 0) is 50.2 Å². The second-order valence-corrected chi connectivity index (χ2v) is 5.35. The maximum absolute atomic E-state index is 13.7. The molecule has 1 fully saturated rings. The van der Waals surface area contributed by atoms with Gasteiger partial charge in [-0.25, -0.2) is 4.39 Å². The molecule has 106 valence electrons. The Morgan fingerprint density at radius 3 is 2.79 bits per heavy atom. The van der Waals surface area contributed by atoms with Crippen molar-refractivity contribution in [2.24, 2.45) is 5.73 Å². The van der Waals surface area contributed by atoms with Gasteiger partial charge in [-0.1, -0.05) is 6.92 Å². The van der Waals surface area contributed by atoms with Gasteiger partial charge in [0.1, 0.15) is 5.82 Å². The summed E-state index contributed by atoms with van der Waals surface area (Å²) in [5, 5.41) is 0. The average molecular weight is 265 g/mol. The fraction of sp³-hybridized carbons (Fsp3) is 0.600. The number of anilines is 1. The summed E-state index contributed by atoms with van der Waals surface area (Å²) in [4.78, 5) is 4.67. The number of likely N-dealkylation sites (N-methyl/N-ethyl adjacent to an activating group) is 1. The van der Waals surface area contributed by atoms with Gasteiger partial charge >= 0.3 is 0 Å². The molecule has 4 heteroatoms. The Morgan fingerprint density at radius 2 is 2.11 bits per heavy atom. The van der Waals surface area contributed by atoms with E-state index in [1.807, 2.05) is 0 Å². The summed E-state index contributed by atoms with van der Waals surface area (Å²) in [6, 6.07) is 5.85. The predicted molar refractivity (Wildman–Crippen MR) is 78.1 cm³/mol.